The average Bonchev–Trinajstić information content (AvgIpc) is 2.45. The molecular weight excluding hydrogens is 264 g/mol. The Hall–Kier alpha value is -1.78. The van der Waals surface area contributed by atoms with Gasteiger partial charge in [0.25, 0.3) is 0 Å². The summed E-state index contributed by atoms with van der Waals surface area (Å²) in [7, 11) is 2.07. The standard InChI is InChI=1S/C16H26N4O/c1-10-5-7-13(8-6-10)20(4)16-14(15(17)19-21)11(2)9-12(3)18-16/h9-10,13,21H,5-8H2,1-4H3,(H2,17,19). The Morgan fingerprint density at radius 2 is 1.95 bits per heavy atom. The number of amidine groups is 1. The molecule has 1 fully saturated rings. The van der Waals surface area contributed by atoms with E-state index in [9.17, 15) is 0 Å². The van der Waals surface area contributed by atoms with Crippen LogP contribution in [0.1, 0.15) is 49.4 Å². The Balaban J connectivity index is 2.37. The molecule has 3 N–H and O–H groups in total. The van der Waals surface area contributed by atoms with Crippen LogP contribution in [0, 0.1) is 19.8 Å². The van der Waals surface area contributed by atoms with E-state index in [1.807, 2.05) is 19.9 Å². The minimum absolute atomic E-state index is 0.131. The maximum Gasteiger partial charge on any atom is 0.174 e. The van der Waals surface area contributed by atoms with Gasteiger partial charge in [-0.05, 0) is 57.1 Å². The van der Waals surface area contributed by atoms with Crippen molar-refractivity contribution >= 4 is 11.7 Å². The quantitative estimate of drug-likeness (QED) is 0.388. The fourth-order valence-corrected chi connectivity index (χ4v) is 3.24. The number of nitrogens with zero attached hydrogens (tertiary/aromatic N) is 3. The molecule has 0 spiro atoms. The van der Waals surface area contributed by atoms with Crippen molar-refractivity contribution in [2.24, 2.45) is 16.8 Å². The third-order valence-electron chi connectivity index (χ3n) is 4.56. The minimum atomic E-state index is 0.131. The van der Waals surface area contributed by atoms with Crippen LogP contribution >= 0.6 is 0 Å². The molecule has 116 valence electrons. The zero-order valence-electron chi connectivity index (χ0n) is 13.4. The first-order valence-electron chi connectivity index (χ1n) is 7.63. The van der Waals surface area contributed by atoms with Gasteiger partial charge < -0.3 is 15.8 Å². The number of hydrogen-bond acceptors (Lipinski definition) is 4. The molecule has 21 heavy (non-hydrogen) atoms. The highest BCUT2D eigenvalue weighted by atomic mass is 16.4. The van der Waals surface area contributed by atoms with Gasteiger partial charge in [-0.2, -0.15) is 0 Å². The number of aromatic nitrogens is 1. The molecular formula is C16H26N4O. The van der Waals surface area contributed by atoms with Crippen molar-refractivity contribution in [3.63, 3.8) is 0 Å². The second-order valence-electron chi connectivity index (χ2n) is 6.29. The van der Waals surface area contributed by atoms with Gasteiger partial charge in [-0.1, -0.05) is 12.1 Å². The van der Waals surface area contributed by atoms with Crippen LogP contribution in [0.25, 0.3) is 0 Å². The predicted molar refractivity (Wildman–Crippen MR) is 86.0 cm³/mol. The molecule has 0 aromatic carbocycles. The van der Waals surface area contributed by atoms with Gasteiger partial charge in [0.1, 0.15) is 5.82 Å². The Labute approximate surface area is 126 Å². The summed E-state index contributed by atoms with van der Waals surface area (Å²) in [5.41, 5.74) is 8.55. The lowest BCUT2D eigenvalue weighted by Gasteiger charge is -2.35. The van der Waals surface area contributed by atoms with E-state index in [0.29, 0.717) is 6.04 Å². The summed E-state index contributed by atoms with van der Waals surface area (Å²) in [6.45, 7) is 6.26. The molecule has 1 aromatic rings. The molecule has 1 aromatic heterocycles. The maximum absolute atomic E-state index is 9.05. The smallest absolute Gasteiger partial charge is 0.174 e. The van der Waals surface area contributed by atoms with Gasteiger partial charge in [0, 0.05) is 18.8 Å². The van der Waals surface area contributed by atoms with Crippen LogP contribution < -0.4 is 10.6 Å². The van der Waals surface area contributed by atoms with Crippen LogP contribution in [0.4, 0.5) is 5.82 Å². The van der Waals surface area contributed by atoms with E-state index in [2.05, 4.69) is 29.0 Å². The van der Waals surface area contributed by atoms with Gasteiger partial charge in [-0.15, -0.1) is 0 Å². The van der Waals surface area contributed by atoms with Crippen molar-refractivity contribution in [1.29, 1.82) is 0 Å². The second-order valence-corrected chi connectivity index (χ2v) is 6.29. The van der Waals surface area contributed by atoms with Crippen molar-refractivity contribution in [1.82, 2.24) is 4.98 Å². The summed E-state index contributed by atoms with van der Waals surface area (Å²) >= 11 is 0. The lowest BCUT2D eigenvalue weighted by Crippen LogP contribution is -2.37. The average molecular weight is 290 g/mol. The number of anilines is 1. The van der Waals surface area contributed by atoms with Crippen LogP contribution in [-0.4, -0.2) is 29.1 Å². The fraction of sp³-hybridized carbons (Fsp3) is 0.625. The summed E-state index contributed by atoms with van der Waals surface area (Å²) in [6, 6.07) is 2.44. The first-order valence-corrected chi connectivity index (χ1v) is 7.63. The van der Waals surface area contributed by atoms with Crippen LogP contribution in [0.5, 0.6) is 0 Å². The number of rotatable bonds is 3. The van der Waals surface area contributed by atoms with Crippen molar-refractivity contribution in [3.05, 3.63) is 22.9 Å². The number of hydrogen-bond donors (Lipinski definition) is 2. The zero-order valence-corrected chi connectivity index (χ0v) is 13.4. The Kier molecular flexibility index (Phi) is 4.70. The molecule has 0 atom stereocenters. The van der Waals surface area contributed by atoms with E-state index in [4.69, 9.17) is 10.9 Å². The molecule has 1 heterocycles. The molecule has 0 radical (unpaired) electrons. The molecule has 0 saturated heterocycles. The number of aryl methyl sites for hydroxylation is 2. The third kappa shape index (κ3) is 3.28. The van der Waals surface area contributed by atoms with E-state index in [-0.39, 0.29) is 5.84 Å². The molecule has 5 heteroatoms. The molecule has 5 nitrogen and oxygen atoms in total. The highest BCUT2D eigenvalue weighted by molar-refractivity contribution is 6.02. The predicted octanol–water partition coefficient (Wildman–Crippen LogP) is 2.81. The van der Waals surface area contributed by atoms with Crippen LogP contribution in [0.2, 0.25) is 0 Å². The van der Waals surface area contributed by atoms with E-state index < -0.39 is 0 Å². The van der Waals surface area contributed by atoms with Gasteiger partial charge in [-0.3, -0.25) is 0 Å². The third-order valence-corrected chi connectivity index (χ3v) is 4.56. The minimum Gasteiger partial charge on any atom is -0.409 e. The lowest BCUT2D eigenvalue weighted by molar-refractivity contribution is 0.318. The van der Waals surface area contributed by atoms with Gasteiger partial charge in [0.15, 0.2) is 5.84 Å². The summed E-state index contributed by atoms with van der Waals surface area (Å²) in [5, 5.41) is 12.2. The van der Waals surface area contributed by atoms with E-state index in [1.165, 1.54) is 25.7 Å². The second kappa shape index (κ2) is 6.33. The molecule has 0 bridgehead atoms. The van der Waals surface area contributed by atoms with Gasteiger partial charge in [0.05, 0.1) is 5.56 Å². The molecule has 1 aliphatic rings. The van der Waals surface area contributed by atoms with Gasteiger partial charge in [-0.25, -0.2) is 4.98 Å². The molecule has 1 saturated carbocycles. The van der Waals surface area contributed by atoms with Crippen molar-refractivity contribution in [3.8, 4) is 0 Å². The molecule has 0 unspecified atom stereocenters. The monoisotopic (exact) mass is 290 g/mol. The summed E-state index contributed by atoms with van der Waals surface area (Å²) < 4.78 is 0. The Morgan fingerprint density at radius 1 is 1.33 bits per heavy atom. The first-order chi connectivity index (χ1) is 9.93. The largest absolute Gasteiger partial charge is 0.409 e. The normalized spacial score (nSPS) is 23.1. The number of oxime groups is 1. The van der Waals surface area contributed by atoms with E-state index in [1.54, 1.807) is 0 Å². The van der Waals surface area contributed by atoms with Gasteiger partial charge >= 0.3 is 0 Å². The highest BCUT2D eigenvalue weighted by Gasteiger charge is 2.25. The lowest BCUT2D eigenvalue weighted by atomic mass is 9.86. The SMILES string of the molecule is Cc1cc(C)c(C(N)=NO)c(N(C)C2CCC(C)CC2)n1. The van der Waals surface area contributed by atoms with Crippen LogP contribution in [-0.2, 0) is 0 Å². The number of pyridine rings is 1. The highest BCUT2D eigenvalue weighted by Crippen LogP contribution is 2.31. The van der Waals surface area contributed by atoms with Crippen LogP contribution in [0.3, 0.4) is 0 Å². The molecule has 1 aliphatic carbocycles. The fourth-order valence-electron chi connectivity index (χ4n) is 3.24. The van der Waals surface area contributed by atoms with Crippen molar-refractivity contribution in [2.45, 2.75) is 52.5 Å². The van der Waals surface area contributed by atoms with E-state index in [0.717, 1.165) is 28.6 Å². The van der Waals surface area contributed by atoms with Crippen molar-refractivity contribution in [2.75, 3.05) is 11.9 Å². The Morgan fingerprint density at radius 3 is 2.52 bits per heavy atom. The topological polar surface area (TPSA) is 74.7 Å². The zero-order chi connectivity index (χ0) is 15.6. The summed E-state index contributed by atoms with van der Waals surface area (Å²) in [6.07, 6.45) is 4.83. The summed E-state index contributed by atoms with van der Waals surface area (Å²) in [4.78, 5) is 6.86. The molecule has 0 aliphatic heterocycles. The first kappa shape index (κ1) is 15.6. The molecule has 0 amide bonds. The van der Waals surface area contributed by atoms with Crippen molar-refractivity contribution < 1.29 is 5.21 Å². The Bertz CT molecular complexity index is 533. The summed E-state index contributed by atoms with van der Waals surface area (Å²) in [5.74, 6) is 1.76. The van der Waals surface area contributed by atoms with Gasteiger partial charge in [0.2, 0.25) is 0 Å². The van der Waals surface area contributed by atoms with E-state index >= 15 is 0 Å². The van der Waals surface area contributed by atoms with Crippen LogP contribution in [0.15, 0.2) is 11.2 Å². The molecule has 2 rings (SSSR count). The number of nitrogens with two attached hydrogens (primary N) is 1. The maximum atomic E-state index is 9.05.